The molecule has 144 valence electrons. The number of nitrogens with one attached hydrogen (secondary N) is 1. The molecule has 0 saturated carbocycles. The molecule has 2 heterocycles. The smallest absolute Gasteiger partial charge is 0.409 e. The summed E-state index contributed by atoms with van der Waals surface area (Å²) in [5.41, 5.74) is 1.17. The molecule has 0 bridgehead atoms. The molecule has 2 aromatic rings. The Morgan fingerprint density at radius 2 is 2.07 bits per heavy atom. The van der Waals surface area contributed by atoms with Gasteiger partial charge < -0.3 is 19.9 Å². The summed E-state index contributed by atoms with van der Waals surface area (Å²) in [6.07, 6.45) is 2.34. The number of anilines is 2. The van der Waals surface area contributed by atoms with E-state index >= 15 is 0 Å². The third-order valence-corrected chi connectivity index (χ3v) is 4.59. The molecule has 1 aromatic carbocycles. The van der Waals surface area contributed by atoms with Crippen molar-refractivity contribution in [2.45, 2.75) is 13.3 Å². The number of carbonyl (C=O) groups is 1. The first-order chi connectivity index (χ1) is 13.2. The van der Waals surface area contributed by atoms with Gasteiger partial charge in [-0.05, 0) is 37.1 Å². The summed E-state index contributed by atoms with van der Waals surface area (Å²) < 4.78 is 5.05. The molecule has 0 atom stereocenters. The van der Waals surface area contributed by atoms with Crippen molar-refractivity contribution in [1.29, 1.82) is 0 Å². The van der Waals surface area contributed by atoms with Gasteiger partial charge in [0.05, 0.1) is 6.61 Å². The fourth-order valence-electron chi connectivity index (χ4n) is 2.95. The van der Waals surface area contributed by atoms with Gasteiger partial charge in [0.25, 0.3) is 0 Å². The lowest BCUT2D eigenvalue weighted by molar-refractivity contribution is 0.105. The van der Waals surface area contributed by atoms with Crippen LogP contribution in [0.3, 0.4) is 0 Å². The Labute approximate surface area is 164 Å². The Bertz CT molecular complexity index is 765. The second kappa shape index (κ2) is 9.41. The van der Waals surface area contributed by atoms with Crippen molar-refractivity contribution in [2.75, 3.05) is 49.5 Å². The van der Waals surface area contributed by atoms with E-state index in [2.05, 4.69) is 20.2 Å². The van der Waals surface area contributed by atoms with Gasteiger partial charge in [-0.15, -0.1) is 0 Å². The molecule has 0 unspecified atom stereocenters. The number of hydrogen-bond acceptors (Lipinski definition) is 6. The van der Waals surface area contributed by atoms with Gasteiger partial charge in [-0.3, -0.25) is 0 Å². The molecule has 0 radical (unpaired) electrons. The normalized spacial score (nSPS) is 14.1. The van der Waals surface area contributed by atoms with Crippen LogP contribution < -0.4 is 10.2 Å². The summed E-state index contributed by atoms with van der Waals surface area (Å²) in [6.45, 7) is 5.63. The zero-order valence-corrected chi connectivity index (χ0v) is 16.2. The molecule has 1 aromatic heterocycles. The van der Waals surface area contributed by atoms with Crippen LogP contribution in [0.15, 0.2) is 36.5 Å². The number of benzene rings is 1. The summed E-state index contributed by atoms with van der Waals surface area (Å²) in [4.78, 5) is 24.6. The molecule has 0 aliphatic carbocycles. The maximum absolute atomic E-state index is 11.8. The number of hydrogen-bond donors (Lipinski definition) is 1. The lowest BCUT2D eigenvalue weighted by Crippen LogP contribution is -2.49. The minimum atomic E-state index is -0.247. The molecule has 1 fully saturated rings. The monoisotopic (exact) mass is 389 g/mol. The van der Waals surface area contributed by atoms with E-state index in [4.69, 9.17) is 16.3 Å². The molecule has 3 rings (SSSR count). The number of rotatable bonds is 6. The zero-order valence-electron chi connectivity index (χ0n) is 15.4. The second-order valence-electron chi connectivity index (χ2n) is 6.22. The van der Waals surface area contributed by atoms with Gasteiger partial charge in [-0.1, -0.05) is 23.7 Å². The van der Waals surface area contributed by atoms with Crippen molar-refractivity contribution in [3.63, 3.8) is 0 Å². The van der Waals surface area contributed by atoms with Gasteiger partial charge in [-0.2, -0.15) is 4.98 Å². The maximum atomic E-state index is 11.8. The van der Waals surface area contributed by atoms with Gasteiger partial charge in [0, 0.05) is 43.9 Å². The predicted octanol–water partition coefficient (Wildman–Crippen LogP) is 3.06. The van der Waals surface area contributed by atoms with Crippen LogP contribution in [-0.2, 0) is 11.2 Å². The summed E-state index contributed by atoms with van der Waals surface area (Å²) in [7, 11) is 0. The van der Waals surface area contributed by atoms with E-state index in [-0.39, 0.29) is 6.09 Å². The number of carbonyl (C=O) groups excluding carboxylic acids is 1. The average Bonchev–Trinajstić information content (AvgIpc) is 2.69. The minimum Gasteiger partial charge on any atom is -0.450 e. The number of aromatic nitrogens is 2. The van der Waals surface area contributed by atoms with E-state index in [0.29, 0.717) is 25.6 Å². The molecule has 1 saturated heterocycles. The Morgan fingerprint density at radius 3 is 2.81 bits per heavy atom. The molecule has 0 spiro atoms. The lowest BCUT2D eigenvalue weighted by atomic mass is 10.1. The van der Waals surface area contributed by atoms with Crippen molar-refractivity contribution in [2.24, 2.45) is 0 Å². The summed E-state index contributed by atoms with van der Waals surface area (Å²) in [5, 5.41) is 4.00. The molecule has 27 heavy (non-hydrogen) atoms. The van der Waals surface area contributed by atoms with Crippen molar-refractivity contribution in [3.8, 4) is 0 Å². The molecule has 7 nitrogen and oxygen atoms in total. The molecule has 8 heteroatoms. The maximum Gasteiger partial charge on any atom is 0.409 e. The van der Waals surface area contributed by atoms with Crippen LogP contribution >= 0.6 is 11.6 Å². The van der Waals surface area contributed by atoms with Gasteiger partial charge in [0.15, 0.2) is 0 Å². The number of amides is 1. The molecular formula is C19H24ClN5O2. The standard InChI is InChI=1S/C19H24ClN5O2/c1-2-27-19(26)25-12-10-24(11-13-25)17-7-9-22-18(23-17)21-8-6-15-4-3-5-16(20)14-15/h3-5,7,9,14H,2,6,8,10-13H2,1H3,(H,21,22,23). The van der Waals surface area contributed by atoms with Gasteiger partial charge in [0.1, 0.15) is 5.82 Å². The van der Waals surface area contributed by atoms with Crippen LogP contribution in [-0.4, -0.2) is 60.3 Å². The summed E-state index contributed by atoms with van der Waals surface area (Å²) >= 11 is 6.01. The fourth-order valence-corrected chi connectivity index (χ4v) is 3.17. The fraction of sp³-hybridized carbons (Fsp3) is 0.421. The molecule has 1 N–H and O–H groups in total. The molecule has 1 aliphatic rings. The molecular weight excluding hydrogens is 366 g/mol. The summed E-state index contributed by atoms with van der Waals surface area (Å²) in [5.74, 6) is 1.46. The van der Waals surface area contributed by atoms with E-state index in [9.17, 15) is 4.79 Å². The molecule has 1 amide bonds. The first kappa shape index (κ1) is 19.2. The van der Waals surface area contributed by atoms with Crippen molar-refractivity contribution >= 4 is 29.5 Å². The summed E-state index contributed by atoms with van der Waals surface area (Å²) in [6, 6.07) is 9.72. The van der Waals surface area contributed by atoms with Crippen LogP contribution in [0.1, 0.15) is 12.5 Å². The average molecular weight is 390 g/mol. The van der Waals surface area contributed by atoms with E-state index in [1.165, 1.54) is 5.56 Å². The van der Waals surface area contributed by atoms with Crippen LogP contribution in [0.25, 0.3) is 0 Å². The first-order valence-corrected chi connectivity index (χ1v) is 9.51. The van der Waals surface area contributed by atoms with Crippen molar-refractivity contribution < 1.29 is 9.53 Å². The zero-order chi connectivity index (χ0) is 19.1. The number of halogens is 1. The quantitative estimate of drug-likeness (QED) is 0.818. The Hall–Kier alpha value is -2.54. The minimum absolute atomic E-state index is 0.247. The third-order valence-electron chi connectivity index (χ3n) is 4.36. The van der Waals surface area contributed by atoms with E-state index in [0.717, 1.165) is 36.9 Å². The number of ether oxygens (including phenoxy) is 1. The van der Waals surface area contributed by atoms with E-state index in [1.54, 1.807) is 11.1 Å². The Kier molecular flexibility index (Phi) is 6.70. The van der Waals surface area contributed by atoms with Crippen LogP contribution in [0.4, 0.5) is 16.6 Å². The Morgan fingerprint density at radius 1 is 1.26 bits per heavy atom. The van der Waals surface area contributed by atoms with E-state index < -0.39 is 0 Å². The third kappa shape index (κ3) is 5.47. The predicted molar refractivity (Wildman–Crippen MR) is 106 cm³/mol. The van der Waals surface area contributed by atoms with Crippen molar-refractivity contribution in [1.82, 2.24) is 14.9 Å². The van der Waals surface area contributed by atoms with Gasteiger partial charge in [0.2, 0.25) is 5.95 Å². The highest BCUT2D eigenvalue weighted by Gasteiger charge is 2.22. The lowest BCUT2D eigenvalue weighted by Gasteiger charge is -2.34. The second-order valence-corrected chi connectivity index (χ2v) is 6.65. The SMILES string of the molecule is CCOC(=O)N1CCN(c2ccnc(NCCc3cccc(Cl)c3)n2)CC1. The Balaban J connectivity index is 1.51. The van der Waals surface area contributed by atoms with Crippen molar-refractivity contribution in [3.05, 3.63) is 47.1 Å². The first-order valence-electron chi connectivity index (χ1n) is 9.13. The highest BCUT2D eigenvalue weighted by molar-refractivity contribution is 6.30. The van der Waals surface area contributed by atoms with Crippen LogP contribution in [0.5, 0.6) is 0 Å². The van der Waals surface area contributed by atoms with Gasteiger partial charge >= 0.3 is 6.09 Å². The highest BCUT2D eigenvalue weighted by Crippen LogP contribution is 2.16. The molecule has 1 aliphatic heterocycles. The number of nitrogens with zero attached hydrogens (tertiary/aromatic N) is 4. The van der Waals surface area contributed by atoms with Crippen LogP contribution in [0, 0.1) is 0 Å². The van der Waals surface area contributed by atoms with Crippen LogP contribution in [0.2, 0.25) is 5.02 Å². The van der Waals surface area contributed by atoms with Gasteiger partial charge in [-0.25, -0.2) is 9.78 Å². The number of piperazine rings is 1. The highest BCUT2D eigenvalue weighted by atomic mass is 35.5. The topological polar surface area (TPSA) is 70.6 Å². The van der Waals surface area contributed by atoms with E-state index in [1.807, 2.05) is 37.3 Å². The largest absolute Gasteiger partial charge is 0.450 e.